The van der Waals surface area contributed by atoms with E-state index < -0.39 is 59.1 Å². The number of cyclic esters (lactones) is 1. The van der Waals surface area contributed by atoms with E-state index in [-0.39, 0.29) is 12.7 Å². The molecule has 1 unspecified atom stereocenters. The number of carbonyl (C=O) groups excluding carboxylic acids is 2. The van der Waals surface area contributed by atoms with Crippen molar-refractivity contribution in [2.24, 2.45) is 5.92 Å². The summed E-state index contributed by atoms with van der Waals surface area (Å²) in [6.45, 7) is 3.15. The fourth-order valence-corrected chi connectivity index (χ4v) is 3.47. The van der Waals surface area contributed by atoms with Gasteiger partial charge in [-0.05, 0) is 29.3 Å². The molecule has 1 aliphatic rings. The summed E-state index contributed by atoms with van der Waals surface area (Å²) in [6.07, 6.45) is -12.6. The molecule has 0 bridgehead atoms. The normalized spacial score (nSPS) is 18.6. The van der Waals surface area contributed by atoms with Crippen LogP contribution in [0.15, 0.2) is 61.2 Å². The van der Waals surface area contributed by atoms with Crippen molar-refractivity contribution < 1.29 is 45.8 Å². The number of hydrogen-bond acceptors (Lipinski definition) is 4. The van der Waals surface area contributed by atoms with Crippen LogP contribution in [0.2, 0.25) is 0 Å². The van der Waals surface area contributed by atoms with E-state index in [0.29, 0.717) is 22.6 Å². The van der Waals surface area contributed by atoms with E-state index in [4.69, 9.17) is 4.74 Å². The molecule has 0 spiro atoms. The number of halogens is 6. The quantitative estimate of drug-likeness (QED) is 0.474. The third kappa shape index (κ3) is 5.03. The molecule has 11 heteroatoms. The highest BCUT2D eigenvalue weighted by molar-refractivity contribution is 5.96. The lowest BCUT2D eigenvalue weighted by Gasteiger charge is -2.27. The van der Waals surface area contributed by atoms with Gasteiger partial charge >= 0.3 is 18.4 Å². The highest BCUT2D eigenvalue weighted by Crippen LogP contribution is 2.39. The van der Waals surface area contributed by atoms with E-state index in [0.717, 1.165) is 6.08 Å². The molecular weight excluding hydrogens is 456 g/mol. The number of ether oxygens (including phenoxy) is 1. The summed E-state index contributed by atoms with van der Waals surface area (Å²) < 4.78 is 83.9. The van der Waals surface area contributed by atoms with Crippen molar-refractivity contribution in [3.8, 4) is 0 Å². The number of carbonyl (C=O) groups is 2. The van der Waals surface area contributed by atoms with Gasteiger partial charge in [-0.1, -0.05) is 36.4 Å². The number of rotatable bonds is 5. The largest absolute Gasteiger partial charge is 0.446 e. The maximum absolute atomic E-state index is 13.2. The second-order valence-corrected chi connectivity index (χ2v) is 7.26. The van der Waals surface area contributed by atoms with Gasteiger partial charge in [0.2, 0.25) is 5.91 Å². The van der Waals surface area contributed by atoms with Crippen molar-refractivity contribution in [2.45, 2.75) is 24.5 Å². The summed E-state index contributed by atoms with van der Waals surface area (Å²) in [7, 11) is 0. The zero-order valence-electron chi connectivity index (χ0n) is 16.7. The molecule has 2 aromatic rings. The molecule has 0 radical (unpaired) electrons. The molecule has 33 heavy (non-hydrogen) atoms. The van der Waals surface area contributed by atoms with Crippen LogP contribution in [0.4, 0.5) is 31.1 Å². The molecule has 2 amide bonds. The van der Waals surface area contributed by atoms with Gasteiger partial charge in [0.25, 0.3) is 0 Å². The molecule has 176 valence electrons. The molecule has 3 atom stereocenters. The summed E-state index contributed by atoms with van der Waals surface area (Å²) in [6, 6.07) is 7.84. The van der Waals surface area contributed by atoms with Crippen molar-refractivity contribution in [3.63, 3.8) is 0 Å². The van der Waals surface area contributed by atoms with Gasteiger partial charge in [0, 0.05) is 0 Å². The Labute approximate surface area is 183 Å². The number of imide groups is 1. The van der Waals surface area contributed by atoms with Crippen LogP contribution in [0, 0.1) is 5.92 Å². The maximum Gasteiger partial charge on any atom is 0.417 e. The van der Waals surface area contributed by atoms with E-state index in [9.17, 15) is 41.0 Å². The fraction of sp³-hybridized carbons (Fsp3) is 0.273. The topological polar surface area (TPSA) is 66.8 Å². The minimum atomic E-state index is -5.14. The zero-order chi connectivity index (χ0) is 24.6. The molecule has 1 aliphatic heterocycles. The molecule has 1 N–H and O–H groups in total. The van der Waals surface area contributed by atoms with Gasteiger partial charge in [-0.25, -0.2) is 9.69 Å². The zero-order valence-corrected chi connectivity index (χ0v) is 16.7. The number of amides is 2. The first-order valence-electron chi connectivity index (χ1n) is 9.49. The second-order valence-electron chi connectivity index (χ2n) is 7.26. The van der Waals surface area contributed by atoms with E-state index in [1.807, 2.05) is 0 Å². The van der Waals surface area contributed by atoms with Gasteiger partial charge in [-0.2, -0.15) is 26.3 Å². The van der Waals surface area contributed by atoms with Gasteiger partial charge in [-0.15, -0.1) is 6.58 Å². The predicted molar refractivity (Wildman–Crippen MR) is 102 cm³/mol. The maximum atomic E-state index is 13.2. The lowest BCUT2D eigenvalue weighted by atomic mass is 9.91. The van der Waals surface area contributed by atoms with Crippen molar-refractivity contribution in [1.29, 1.82) is 0 Å². The molecule has 1 saturated heterocycles. The molecule has 3 rings (SSSR count). The Morgan fingerprint density at radius 2 is 1.61 bits per heavy atom. The second kappa shape index (κ2) is 8.89. The summed E-state index contributed by atoms with van der Waals surface area (Å²) >= 11 is 0. The first-order valence-corrected chi connectivity index (χ1v) is 9.49. The number of nitrogens with zero attached hydrogens (tertiary/aromatic N) is 1. The summed E-state index contributed by atoms with van der Waals surface area (Å²) in [5, 5.41) is 10.6. The van der Waals surface area contributed by atoms with E-state index >= 15 is 0 Å². The number of aliphatic hydroxyl groups is 1. The van der Waals surface area contributed by atoms with Crippen molar-refractivity contribution in [1.82, 2.24) is 4.90 Å². The first-order chi connectivity index (χ1) is 15.3. The highest BCUT2D eigenvalue weighted by atomic mass is 19.4. The van der Waals surface area contributed by atoms with Gasteiger partial charge in [0.05, 0.1) is 23.1 Å². The first kappa shape index (κ1) is 24.3. The Balaban J connectivity index is 2.00. The van der Waals surface area contributed by atoms with Crippen LogP contribution in [-0.4, -0.2) is 28.6 Å². The van der Waals surface area contributed by atoms with E-state index in [1.54, 1.807) is 30.3 Å². The third-order valence-electron chi connectivity index (χ3n) is 5.13. The van der Waals surface area contributed by atoms with Crippen molar-refractivity contribution in [3.05, 3.63) is 83.4 Å². The Bertz CT molecular complexity index is 1020. The Morgan fingerprint density at radius 3 is 2.09 bits per heavy atom. The van der Waals surface area contributed by atoms with Crippen LogP contribution >= 0.6 is 0 Å². The molecule has 0 saturated carbocycles. The Morgan fingerprint density at radius 1 is 1.06 bits per heavy atom. The standard InChI is InChI=1S/C22H17F6NO4/c1-2-16(19(31)29-17(11-33-20(29)32)12-6-4-3-5-7-12)18(30)13-8-14(21(23,24)25)10-15(9-13)22(26,27)28/h2-10,16-18,30H,1,11H2/t16-,17?,18+/m0/s1. The predicted octanol–water partition coefficient (Wildman–Crippen LogP) is 5.28. The fourth-order valence-electron chi connectivity index (χ4n) is 3.47. The smallest absolute Gasteiger partial charge is 0.417 e. The van der Waals surface area contributed by atoms with Crippen LogP contribution in [-0.2, 0) is 21.9 Å². The van der Waals surface area contributed by atoms with Crippen molar-refractivity contribution in [2.75, 3.05) is 6.61 Å². The monoisotopic (exact) mass is 473 g/mol. The lowest BCUT2D eigenvalue weighted by molar-refractivity contribution is -0.143. The average molecular weight is 473 g/mol. The molecule has 0 aromatic heterocycles. The van der Waals surface area contributed by atoms with Crippen LogP contribution in [0.5, 0.6) is 0 Å². The molecule has 2 aromatic carbocycles. The number of aliphatic hydroxyl groups excluding tert-OH is 1. The molecule has 5 nitrogen and oxygen atoms in total. The molecular formula is C22H17F6NO4. The Hall–Kier alpha value is -3.34. The molecule has 1 fully saturated rings. The summed E-state index contributed by atoms with van der Waals surface area (Å²) in [5.41, 5.74) is -3.60. The minimum absolute atomic E-state index is 0.0930. The SMILES string of the molecule is C=C[C@H](C(=O)N1C(=O)OCC1c1ccccc1)[C@H](O)c1cc(C(F)(F)F)cc(C(F)(F)F)c1. The van der Waals surface area contributed by atoms with Gasteiger partial charge in [-0.3, -0.25) is 4.79 Å². The van der Waals surface area contributed by atoms with Crippen molar-refractivity contribution >= 4 is 12.0 Å². The number of hydrogen-bond donors (Lipinski definition) is 1. The Kier molecular flexibility index (Phi) is 6.55. The van der Waals surface area contributed by atoms with Gasteiger partial charge < -0.3 is 9.84 Å². The molecule has 0 aliphatic carbocycles. The number of benzene rings is 2. The summed E-state index contributed by atoms with van der Waals surface area (Å²) in [5.74, 6) is -2.81. The lowest BCUT2D eigenvalue weighted by Crippen LogP contribution is -2.40. The average Bonchev–Trinajstić information content (AvgIpc) is 3.14. The van der Waals surface area contributed by atoms with Crippen LogP contribution in [0.1, 0.15) is 34.4 Å². The van der Waals surface area contributed by atoms with Crippen LogP contribution < -0.4 is 0 Å². The van der Waals surface area contributed by atoms with Gasteiger partial charge in [0.15, 0.2) is 0 Å². The van der Waals surface area contributed by atoms with Crippen LogP contribution in [0.3, 0.4) is 0 Å². The van der Waals surface area contributed by atoms with Gasteiger partial charge in [0.1, 0.15) is 12.6 Å². The minimum Gasteiger partial charge on any atom is -0.446 e. The summed E-state index contributed by atoms with van der Waals surface area (Å²) in [4.78, 5) is 26.0. The van der Waals surface area contributed by atoms with E-state index in [1.165, 1.54) is 0 Å². The highest BCUT2D eigenvalue weighted by Gasteiger charge is 2.44. The van der Waals surface area contributed by atoms with Crippen LogP contribution in [0.25, 0.3) is 0 Å². The molecule has 1 heterocycles. The number of alkyl halides is 6. The third-order valence-corrected chi connectivity index (χ3v) is 5.13. The van der Waals surface area contributed by atoms with E-state index in [2.05, 4.69) is 6.58 Å².